The Hall–Kier alpha value is -2.23. The Morgan fingerprint density at radius 3 is 2.34 bits per heavy atom. The number of fused-ring (bicyclic) bond motifs is 1. The van der Waals surface area contributed by atoms with Crippen LogP contribution in [0, 0.1) is 17.8 Å². The van der Waals surface area contributed by atoms with E-state index in [-0.39, 0.29) is 5.03 Å². The molecule has 1 aliphatic carbocycles. The van der Waals surface area contributed by atoms with E-state index >= 15 is 0 Å². The third-order valence-electron chi connectivity index (χ3n) is 6.98. The van der Waals surface area contributed by atoms with Crippen LogP contribution in [0.15, 0.2) is 47.5 Å². The Labute approximate surface area is 189 Å². The van der Waals surface area contributed by atoms with Crippen LogP contribution in [0.25, 0.3) is 0 Å². The summed E-state index contributed by atoms with van der Waals surface area (Å²) in [6.07, 6.45) is 4.65. The summed E-state index contributed by atoms with van der Waals surface area (Å²) < 4.78 is 33.0. The summed E-state index contributed by atoms with van der Waals surface area (Å²) in [7, 11) is -3.75. The van der Waals surface area contributed by atoms with E-state index in [9.17, 15) is 8.42 Å². The van der Waals surface area contributed by atoms with Crippen LogP contribution in [0.3, 0.4) is 0 Å². The van der Waals surface area contributed by atoms with E-state index in [0.29, 0.717) is 17.5 Å². The molecule has 0 bridgehead atoms. The van der Waals surface area contributed by atoms with Crippen LogP contribution in [0.1, 0.15) is 25.7 Å². The minimum Gasteiger partial charge on any atom is -0.381 e. The molecule has 3 fully saturated rings. The average Bonchev–Trinajstić information content (AvgIpc) is 3.33. The standard InChI is InChI=1S/C23H31N5O3S/c29-32(30,27-20-4-2-1-3-5-20)23-7-6-22(25-26-23)24-21-12-18-15-28(16-19(18)13-21)14-17-8-10-31-11-9-17/h1-7,17-19,21,27H,8-16H2,(H,24,25)/t18-,19+,21-. The van der Waals surface area contributed by atoms with Crippen molar-refractivity contribution in [3.05, 3.63) is 42.5 Å². The second-order valence-corrected chi connectivity index (χ2v) is 11.0. The van der Waals surface area contributed by atoms with Crippen molar-refractivity contribution in [1.29, 1.82) is 0 Å². The summed E-state index contributed by atoms with van der Waals surface area (Å²) in [5.41, 5.74) is 0.500. The number of ether oxygens (including phenoxy) is 1. The molecule has 2 saturated heterocycles. The fourth-order valence-corrected chi connectivity index (χ4v) is 6.37. The maximum atomic E-state index is 12.5. The molecule has 5 rings (SSSR count). The third-order valence-corrected chi connectivity index (χ3v) is 8.25. The number of likely N-dealkylation sites (tertiary alicyclic amines) is 1. The zero-order valence-corrected chi connectivity index (χ0v) is 19.0. The van der Waals surface area contributed by atoms with Gasteiger partial charge in [-0.3, -0.25) is 4.72 Å². The van der Waals surface area contributed by atoms with Gasteiger partial charge in [0.15, 0.2) is 5.03 Å². The van der Waals surface area contributed by atoms with Gasteiger partial charge in [0, 0.05) is 44.6 Å². The van der Waals surface area contributed by atoms with Gasteiger partial charge in [0.05, 0.1) is 0 Å². The van der Waals surface area contributed by atoms with E-state index in [1.165, 1.54) is 38.5 Å². The molecule has 3 aliphatic rings. The van der Waals surface area contributed by atoms with Crippen LogP contribution in [0.2, 0.25) is 0 Å². The number of hydrogen-bond donors (Lipinski definition) is 2. The number of nitrogens with one attached hydrogen (secondary N) is 2. The van der Waals surface area contributed by atoms with Crippen molar-refractivity contribution >= 4 is 21.5 Å². The second-order valence-electron chi connectivity index (χ2n) is 9.34. The molecule has 172 valence electrons. The minimum atomic E-state index is -3.75. The molecular formula is C23H31N5O3S. The first-order chi connectivity index (χ1) is 15.5. The molecule has 0 radical (unpaired) electrons. The Morgan fingerprint density at radius 1 is 0.969 bits per heavy atom. The van der Waals surface area contributed by atoms with E-state index in [0.717, 1.165) is 43.8 Å². The zero-order valence-electron chi connectivity index (χ0n) is 18.2. The van der Waals surface area contributed by atoms with Gasteiger partial charge in [0.1, 0.15) is 5.82 Å². The van der Waals surface area contributed by atoms with E-state index in [4.69, 9.17) is 4.74 Å². The smallest absolute Gasteiger partial charge is 0.281 e. The van der Waals surface area contributed by atoms with Crippen molar-refractivity contribution < 1.29 is 13.2 Å². The van der Waals surface area contributed by atoms with E-state index < -0.39 is 10.0 Å². The van der Waals surface area contributed by atoms with Gasteiger partial charge in [-0.2, -0.15) is 8.42 Å². The summed E-state index contributed by atoms with van der Waals surface area (Å²) in [4.78, 5) is 2.65. The molecule has 8 nitrogen and oxygen atoms in total. The van der Waals surface area contributed by atoms with Gasteiger partial charge in [-0.15, -0.1) is 10.2 Å². The zero-order chi connectivity index (χ0) is 22.0. The molecule has 0 spiro atoms. The molecule has 1 aromatic heterocycles. The topological polar surface area (TPSA) is 96.5 Å². The lowest BCUT2D eigenvalue weighted by Crippen LogP contribution is -2.32. The van der Waals surface area contributed by atoms with Crippen LogP contribution >= 0.6 is 0 Å². The Bertz CT molecular complexity index is 982. The Kier molecular flexibility index (Phi) is 6.30. The van der Waals surface area contributed by atoms with Crippen molar-refractivity contribution in [2.24, 2.45) is 17.8 Å². The SMILES string of the molecule is O=S(=O)(Nc1ccccc1)c1ccc(N[C@@H]2C[C@@H]3CN(CC4CCOCC4)C[C@@H]3C2)nn1. The summed E-state index contributed by atoms with van der Waals surface area (Å²) in [5.74, 6) is 2.88. The Balaban J connectivity index is 1.12. The summed E-state index contributed by atoms with van der Waals surface area (Å²) >= 11 is 0. The van der Waals surface area contributed by atoms with E-state index in [1.807, 2.05) is 6.07 Å². The first kappa shape index (κ1) is 21.6. The number of aromatic nitrogens is 2. The first-order valence-electron chi connectivity index (χ1n) is 11.5. The number of benzene rings is 1. The number of hydrogen-bond acceptors (Lipinski definition) is 7. The molecule has 3 atom stereocenters. The van der Waals surface area contributed by atoms with Gasteiger partial charge in [-0.25, -0.2) is 0 Å². The van der Waals surface area contributed by atoms with Crippen LogP contribution in [0.4, 0.5) is 11.5 Å². The minimum absolute atomic E-state index is 0.0843. The predicted octanol–water partition coefficient (Wildman–Crippen LogP) is 2.83. The third kappa shape index (κ3) is 5.05. The van der Waals surface area contributed by atoms with Gasteiger partial charge in [0.25, 0.3) is 10.0 Å². The summed E-state index contributed by atoms with van der Waals surface area (Å²) in [6.45, 7) is 5.43. The molecule has 1 saturated carbocycles. The number of para-hydroxylation sites is 1. The highest BCUT2D eigenvalue weighted by Crippen LogP contribution is 2.39. The molecule has 0 unspecified atom stereocenters. The largest absolute Gasteiger partial charge is 0.381 e. The molecule has 32 heavy (non-hydrogen) atoms. The number of nitrogens with zero attached hydrogens (tertiary/aromatic N) is 3. The van der Waals surface area contributed by atoms with Gasteiger partial charge in [-0.05, 0) is 67.7 Å². The highest BCUT2D eigenvalue weighted by atomic mass is 32.2. The number of sulfonamides is 1. The molecule has 2 aromatic rings. The van der Waals surface area contributed by atoms with E-state index in [2.05, 4.69) is 25.1 Å². The fourth-order valence-electron chi connectivity index (χ4n) is 5.42. The van der Waals surface area contributed by atoms with Gasteiger partial charge in [0.2, 0.25) is 0 Å². The molecule has 9 heteroatoms. The summed E-state index contributed by atoms with van der Waals surface area (Å²) in [6, 6.07) is 12.4. The van der Waals surface area contributed by atoms with Crippen molar-refractivity contribution in [3.63, 3.8) is 0 Å². The van der Waals surface area contributed by atoms with Crippen molar-refractivity contribution in [3.8, 4) is 0 Å². The lowest BCUT2D eigenvalue weighted by atomic mass is 10.00. The van der Waals surface area contributed by atoms with E-state index in [1.54, 1.807) is 30.3 Å². The first-order valence-corrected chi connectivity index (χ1v) is 13.0. The molecular weight excluding hydrogens is 426 g/mol. The highest BCUT2D eigenvalue weighted by Gasteiger charge is 2.41. The lowest BCUT2D eigenvalue weighted by molar-refractivity contribution is 0.0545. The highest BCUT2D eigenvalue weighted by molar-refractivity contribution is 7.92. The Morgan fingerprint density at radius 2 is 1.69 bits per heavy atom. The maximum Gasteiger partial charge on any atom is 0.281 e. The fraction of sp³-hybridized carbons (Fsp3) is 0.565. The van der Waals surface area contributed by atoms with Gasteiger partial charge < -0.3 is 15.0 Å². The normalized spacial score (nSPS) is 26.7. The van der Waals surface area contributed by atoms with Crippen LogP contribution in [-0.4, -0.2) is 62.4 Å². The predicted molar refractivity (Wildman–Crippen MR) is 123 cm³/mol. The lowest BCUT2D eigenvalue weighted by Gasteiger charge is -2.27. The molecule has 0 amide bonds. The second kappa shape index (κ2) is 9.33. The molecule has 3 heterocycles. The quantitative estimate of drug-likeness (QED) is 0.660. The number of anilines is 2. The number of rotatable bonds is 7. The van der Waals surface area contributed by atoms with Crippen LogP contribution in [0.5, 0.6) is 0 Å². The van der Waals surface area contributed by atoms with Gasteiger partial charge in [-0.1, -0.05) is 18.2 Å². The maximum absolute atomic E-state index is 12.5. The van der Waals surface area contributed by atoms with Crippen LogP contribution in [-0.2, 0) is 14.8 Å². The van der Waals surface area contributed by atoms with Gasteiger partial charge >= 0.3 is 0 Å². The molecule has 2 aliphatic heterocycles. The average molecular weight is 458 g/mol. The molecule has 1 aromatic carbocycles. The summed E-state index contributed by atoms with van der Waals surface area (Å²) in [5, 5.41) is 11.5. The monoisotopic (exact) mass is 457 g/mol. The van der Waals surface area contributed by atoms with Crippen molar-refractivity contribution in [2.45, 2.75) is 36.8 Å². The molecule has 2 N–H and O–H groups in total. The van der Waals surface area contributed by atoms with Crippen molar-refractivity contribution in [1.82, 2.24) is 15.1 Å². The van der Waals surface area contributed by atoms with Crippen LogP contribution < -0.4 is 10.0 Å². The van der Waals surface area contributed by atoms with Crippen molar-refractivity contribution in [2.75, 3.05) is 42.9 Å².